The Balaban J connectivity index is 1.68. The monoisotopic (exact) mass is 294 g/mol. The first kappa shape index (κ1) is 13.8. The number of nitrogens with one attached hydrogen (secondary N) is 1. The highest BCUT2D eigenvalue weighted by Gasteiger charge is 2.04. The number of hydrogen-bond acceptors (Lipinski definition) is 3. The van der Waals surface area contributed by atoms with Gasteiger partial charge in [-0.25, -0.2) is 4.98 Å². The lowest BCUT2D eigenvalue weighted by Gasteiger charge is -2.02. The van der Waals surface area contributed by atoms with Crippen molar-refractivity contribution in [2.45, 2.75) is 19.9 Å². The van der Waals surface area contributed by atoms with Crippen molar-refractivity contribution < 1.29 is 0 Å². The fourth-order valence-corrected chi connectivity index (χ4v) is 2.89. The molecule has 0 aliphatic heterocycles. The Morgan fingerprint density at radius 3 is 2.43 bits per heavy atom. The maximum atomic E-state index is 4.66. The first-order valence-electron chi connectivity index (χ1n) is 7.18. The summed E-state index contributed by atoms with van der Waals surface area (Å²) in [5.74, 6) is 0. The summed E-state index contributed by atoms with van der Waals surface area (Å²) >= 11 is 1.65. The van der Waals surface area contributed by atoms with Crippen LogP contribution in [0.5, 0.6) is 0 Å². The number of aromatic nitrogens is 1. The standard InChI is InChI=1S/C18H18N2S/c1-2-14-8-10-16(11-9-14)17-13-21-18(20-17)19-12-15-6-4-3-5-7-15/h3-11,13H,2,12H2,1H3,(H,19,20). The van der Waals surface area contributed by atoms with Gasteiger partial charge in [0.1, 0.15) is 0 Å². The molecule has 0 unspecified atom stereocenters. The molecule has 106 valence electrons. The van der Waals surface area contributed by atoms with Gasteiger partial charge in [0.2, 0.25) is 0 Å². The van der Waals surface area contributed by atoms with Crippen LogP contribution in [0.1, 0.15) is 18.1 Å². The second-order valence-electron chi connectivity index (χ2n) is 4.93. The van der Waals surface area contributed by atoms with Gasteiger partial charge in [0.25, 0.3) is 0 Å². The van der Waals surface area contributed by atoms with E-state index in [2.05, 4.69) is 71.1 Å². The minimum Gasteiger partial charge on any atom is -0.357 e. The van der Waals surface area contributed by atoms with E-state index in [9.17, 15) is 0 Å². The molecule has 1 aromatic heterocycles. The lowest BCUT2D eigenvalue weighted by atomic mass is 10.1. The van der Waals surface area contributed by atoms with Crippen LogP contribution in [0.15, 0.2) is 60.0 Å². The largest absolute Gasteiger partial charge is 0.357 e. The van der Waals surface area contributed by atoms with E-state index < -0.39 is 0 Å². The Labute approximate surface area is 129 Å². The molecular formula is C18H18N2S. The van der Waals surface area contributed by atoms with Gasteiger partial charge in [-0.1, -0.05) is 61.5 Å². The van der Waals surface area contributed by atoms with Crippen LogP contribution in [-0.2, 0) is 13.0 Å². The molecule has 0 bridgehead atoms. The first-order valence-corrected chi connectivity index (χ1v) is 8.06. The molecule has 3 rings (SSSR count). The summed E-state index contributed by atoms with van der Waals surface area (Å²) in [6.45, 7) is 2.98. The van der Waals surface area contributed by atoms with Crippen LogP contribution >= 0.6 is 11.3 Å². The Kier molecular flexibility index (Phi) is 4.31. The fourth-order valence-electron chi connectivity index (χ4n) is 2.17. The zero-order valence-corrected chi connectivity index (χ0v) is 12.9. The Hall–Kier alpha value is -2.13. The first-order chi connectivity index (χ1) is 10.3. The highest BCUT2D eigenvalue weighted by Crippen LogP contribution is 2.25. The molecular weight excluding hydrogens is 276 g/mol. The van der Waals surface area contributed by atoms with Crippen molar-refractivity contribution in [3.8, 4) is 11.3 Å². The topological polar surface area (TPSA) is 24.9 Å². The molecule has 2 aromatic carbocycles. The van der Waals surface area contributed by atoms with Crippen molar-refractivity contribution in [3.05, 3.63) is 71.1 Å². The molecule has 21 heavy (non-hydrogen) atoms. The summed E-state index contributed by atoms with van der Waals surface area (Å²) < 4.78 is 0. The van der Waals surface area contributed by atoms with Gasteiger partial charge in [-0.15, -0.1) is 11.3 Å². The molecule has 0 spiro atoms. The van der Waals surface area contributed by atoms with Crippen molar-refractivity contribution in [3.63, 3.8) is 0 Å². The SMILES string of the molecule is CCc1ccc(-c2csc(NCc3ccccc3)n2)cc1. The highest BCUT2D eigenvalue weighted by atomic mass is 32.1. The predicted molar refractivity (Wildman–Crippen MR) is 90.7 cm³/mol. The summed E-state index contributed by atoms with van der Waals surface area (Å²) in [7, 11) is 0. The quantitative estimate of drug-likeness (QED) is 0.717. The molecule has 3 aromatic rings. The van der Waals surface area contributed by atoms with Gasteiger partial charge in [0.05, 0.1) is 5.69 Å². The highest BCUT2D eigenvalue weighted by molar-refractivity contribution is 7.14. The molecule has 0 amide bonds. The normalized spacial score (nSPS) is 10.5. The van der Waals surface area contributed by atoms with Crippen molar-refractivity contribution in [1.82, 2.24) is 4.98 Å². The van der Waals surface area contributed by atoms with E-state index >= 15 is 0 Å². The van der Waals surface area contributed by atoms with E-state index in [4.69, 9.17) is 0 Å². The average Bonchev–Trinajstić information content (AvgIpc) is 3.03. The number of aryl methyl sites for hydroxylation is 1. The zero-order valence-electron chi connectivity index (χ0n) is 12.0. The molecule has 0 fully saturated rings. The molecule has 1 heterocycles. The number of anilines is 1. The van der Waals surface area contributed by atoms with Crippen LogP contribution in [0, 0.1) is 0 Å². The van der Waals surface area contributed by atoms with Gasteiger partial charge < -0.3 is 5.32 Å². The second kappa shape index (κ2) is 6.55. The lowest BCUT2D eigenvalue weighted by Crippen LogP contribution is -1.98. The minimum atomic E-state index is 0.808. The van der Waals surface area contributed by atoms with Crippen LogP contribution < -0.4 is 5.32 Å². The molecule has 1 N–H and O–H groups in total. The van der Waals surface area contributed by atoms with Crippen LogP contribution in [0.4, 0.5) is 5.13 Å². The number of thiazole rings is 1. The summed E-state index contributed by atoms with van der Waals surface area (Å²) in [4.78, 5) is 4.66. The molecule has 0 saturated carbocycles. The second-order valence-corrected chi connectivity index (χ2v) is 5.79. The van der Waals surface area contributed by atoms with Crippen LogP contribution in [0.2, 0.25) is 0 Å². The summed E-state index contributed by atoms with van der Waals surface area (Å²) in [6.07, 6.45) is 1.07. The number of rotatable bonds is 5. The smallest absolute Gasteiger partial charge is 0.183 e. The van der Waals surface area contributed by atoms with Gasteiger partial charge in [0, 0.05) is 17.5 Å². The lowest BCUT2D eigenvalue weighted by molar-refractivity contribution is 1.13. The van der Waals surface area contributed by atoms with E-state index in [0.717, 1.165) is 23.8 Å². The molecule has 0 saturated heterocycles. The minimum absolute atomic E-state index is 0.808. The summed E-state index contributed by atoms with van der Waals surface area (Å²) in [5, 5.41) is 6.45. The van der Waals surface area contributed by atoms with Crippen molar-refractivity contribution in [1.29, 1.82) is 0 Å². The molecule has 2 nitrogen and oxygen atoms in total. The summed E-state index contributed by atoms with van der Waals surface area (Å²) in [5.41, 5.74) is 4.84. The molecule has 0 radical (unpaired) electrons. The van der Waals surface area contributed by atoms with Crippen LogP contribution in [0.3, 0.4) is 0 Å². The Bertz CT molecular complexity index is 687. The van der Waals surface area contributed by atoms with Crippen molar-refractivity contribution in [2.75, 3.05) is 5.32 Å². The third kappa shape index (κ3) is 3.50. The van der Waals surface area contributed by atoms with Gasteiger partial charge in [0.15, 0.2) is 5.13 Å². The maximum Gasteiger partial charge on any atom is 0.183 e. The van der Waals surface area contributed by atoms with E-state index in [0.29, 0.717) is 0 Å². The van der Waals surface area contributed by atoms with Crippen LogP contribution in [0.25, 0.3) is 11.3 Å². The van der Waals surface area contributed by atoms with Crippen molar-refractivity contribution >= 4 is 16.5 Å². The third-order valence-corrected chi connectivity index (χ3v) is 4.25. The molecule has 0 aliphatic rings. The maximum absolute atomic E-state index is 4.66. The van der Waals surface area contributed by atoms with Crippen LogP contribution in [-0.4, -0.2) is 4.98 Å². The van der Waals surface area contributed by atoms with Crippen molar-refractivity contribution in [2.24, 2.45) is 0 Å². The van der Waals surface area contributed by atoms with E-state index in [-0.39, 0.29) is 0 Å². The zero-order chi connectivity index (χ0) is 14.5. The predicted octanol–water partition coefficient (Wildman–Crippen LogP) is 4.98. The fraction of sp³-hybridized carbons (Fsp3) is 0.167. The number of nitrogens with zero attached hydrogens (tertiary/aromatic N) is 1. The number of benzene rings is 2. The van der Waals surface area contributed by atoms with E-state index in [1.165, 1.54) is 16.7 Å². The average molecular weight is 294 g/mol. The summed E-state index contributed by atoms with van der Waals surface area (Å²) in [6, 6.07) is 19.0. The molecule has 3 heteroatoms. The molecule has 0 aliphatic carbocycles. The molecule has 0 atom stereocenters. The van der Waals surface area contributed by atoms with Gasteiger partial charge >= 0.3 is 0 Å². The third-order valence-electron chi connectivity index (χ3n) is 3.45. The van der Waals surface area contributed by atoms with E-state index in [1.807, 2.05) is 6.07 Å². The number of hydrogen-bond donors (Lipinski definition) is 1. The van der Waals surface area contributed by atoms with Gasteiger partial charge in [-0.2, -0.15) is 0 Å². The Morgan fingerprint density at radius 1 is 0.952 bits per heavy atom. The van der Waals surface area contributed by atoms with Gasteiger partial charge in [-0.3, -0.25) is 0 Å². The van der Waals surface area contributed by atoms with E-state index in [1.54, 1.807) is 11.3 Å². The Morgan fingerprint density at radius 2 is 1.71 bits per heavy atom. The van der Waals surface area contributed by atoms with Gasteiger partial charge in [-0.05, 0) is 17.5 Å².